The quantitative estimate of drug-likeness (QED) is 0.581. The highest BCUT2D eigenvalue weighted by Gasteiger charge is 2.21. The molecule has 0 fully saturated rings. The number of benzene rings is 2. The van der Waals surface area contributed by atoms with Crippen molar-refractivity contribution in [2.75, 3.05) is 25.0 Å². The van der Waals surface area contributed by atoms with Crippen LogP contribution in [0.3, 0.4) is 0 Å². The lowest BCUT2D eigenvalue weighted by Crippen LogP contribution is -2.22. The minimum absolute atomic E-state index is 0.0277. The van der Waals surface area contributed by atoms with Crippen LogP contribution in [0.4, 0.5) is 5.69 Å². The largest absolute Gasteiger partial charge is 0.454 e. The highest BCUT2D eigenvalue weighted by molar-refractivity contribution is 7.84. The number of anilines is 1. The number of fused-ring (bicyclic) bond motifs is 1. The van der Waals surface area contributed by atoms with Gasteiger partial charge >= 0.3 is 5.97 Å². The van der Waals surface area contributed by atoms with E-state index < -0.39 is 29.3 Å². The van der Waals surface area contributed by atoms with Gasteiger partial charge in [-0.25, -0.2) is 4.79 Å². The number of esters is 1. The van der Waals surface area contributed by atoms with Crippen molar-refractivity contribution in [3.8, 4) is 11.5 Å². The van der Waals surface area contributed by atoms with Crippen LogP contribution in [0.15, 0.2) is 41.3 Å². The summed E-state index contributed by atoms with van der Waals surface area (Å²) < 4.78 is 27.2. The van der Waals surface area contributed by atoms with Crippen molar-refractivity contribution in [1.82, 2.24) is 0 Å². The normalized spacial score (nSPS) is 12.9. The van der Waals surface area contributed by atoms with Crippen LogP contribution >= 0.6 is 0 Å². The molecule has 1 aliphatic heterocycles. The first-order valence-electron chi connectivity index (χ1n) is 8.21. The lowest BCUT2D eigenvalue weighted by Gasteiger charge is -2.11. The third kappa shape index (κ3) is 4.20. The number of rotatable bonds is 6. The monoisotopic (exact) mass is 403 g/mol. The number of hydrogen-bond acceptors (Lipinski definition) is 7. The number of nitrogens with one attached hydrogen (secondary N) is 1. The summed E-state index contributed by atoms with van der Waals surface area (Å²) >= 11 is 0. The molecule has 9 heteroatoms. The summed E-state index contributed by atoms with van der Waals surface area (Å²) in [5.41, 5.74) is 0.604. The van der Waals surface area contributed by atoms with E-state index in [1.807, 2.05) is 0 Å². The molecular formula is C19H17NO7S. The average Bonchev–Trinajstić information content (AvgIpc) is 3.12. The van der Waals surface area contributed by atoms with Crippen LogP contribution in [-0.4, -0.2) is 41.5 Å². The van der Waals surface area contributed by atoms with E-state index in [1.54, 1.807) is 18.2 Å². The predicted molar refractivity (Wildman–Crippen MR) is 100 cm³/mol. The molecule has 0 saturated carbocycles. The molecule has 8 nitrogen and oxygen atoms in total. The van der Waals surface area contributed by atoms with Crippen LogP contribution in [-0.2, 0) is 20.3 Å². The maximum Gasteiger partial charge on any atom is 0.339 e. The number of hydrogen-bond donors (Lipinski definition) is 1. The van der Waals surface area contributed by atoms with Gasteiger partial charge in [-0.15, -0.1) is 0 Å². The summed E-state index contributed by atoms with van der Waals surface area (Å²) in [6.45, 7) is 0.810. The highest BCUT2D eigenvalue weighted by Crippen LogP contribution is 2.37. The van der Waals surface area contributed by atoms with E-state index in [4.69, 9.17) is 14.2 Å². The van der Waals surface area contributed by atoms with Gasteiger partial charge in [-0.1, -0.05) is 12.1 Å². The van der Waals surface area contributed by atoms with E-state index in [2.05, 4.69) is 5.32 Å². The van der Waals surface area contributed by atoms with Crippen molar-refractivity contribution in [2.24, 2.45) is 0 Å². The first kappa shape index (κ1) is 19.6. The molecule has 0 spiro atoms. The summed E-state index contributed by atoms with van der Waals surface area (Å²) in [4.78, 5) is 36.6. The van der Waals surface area contributed by atoms with Crippen molar-refractivity contribution < 1.29 is 32.8 Å². The molecule has 1 aliphatic rings. The fourth-order valence-corrected chi connectivity index (χ4v) is 3.35. The van der Waals surface area contributed by atoms with Crippen molar-refractivity contribution in [3.05, 3.63) is 47.5 Å². The van der Waals surface area contributed by atoms with E-state index >= 15 is 0 Å². The Hall–Kier alpha value is -3.20. The molecule has 2 aromatic rings. The zero-order valence-corrected chi connectivity index (χ0v) is 16.0. The second-order valence-corrected chi connectivity index (χ2v) is 7.23. The third-order valence-electron chi connectivity index (χ3n) is 3.92. The molecular weight excluding hydrogens is 386 g/mol. The number of ether oxygens (including phenoxy) is 3. The van der Waals surface area contributed by atoms with Gasteiger partial charge in [-0.3, -0.25) is 13.8 Å². The smallest absolute Gasteiger partial charge is 0.339 e. The number of carbonyl (C=O) groups excluding carboxylic acids is 3. The van der Waals surface area contributed by atoms with Gasteiger partial charge < -0.3 is 19.5 Å². The summed E-state index contributed by atoms with van der Waals surface area (Å²) in [6.07, 6.45) is 1.45. The Labute approximate surface area is 163 Å². The van der Waals surface area contributed by atoms with E-state index in [-0.39, 0.29) is 29.4 Å². The molecule has 1 amide bonds. The maximum atomic E-state index is 12.2. The van der Waals surface area contributed by atoms with Gasteiger partial charge in [0, 0.05) is 17.9 Å². The third-order valence-corrected chi connectivity index (χ3v) is 4.89. The minimum Gasteiger partial charge on any atom is -0.454 e. The Morgan fingerprint density at radius 3 is 2.46 bits per heavy atom. The second kappa shape index (κ2) is 8.22. The lowest BCUT2D eigenvalue weighted by molar-refractivity contribution is -0.119. The Balaban J connectivity index is 1.69. The molecule has 0 bridgehead atoms. The summed E-state index contributed by atoms with van der Waals surface area (Å²) in [7, 11) is -1.38. The van der Waals surface area contributed by atoms with Crippen molar-refractivity contribution in [3.63, 3.8) is 0 Å². The fraction of sp³-hybridized carbons (Fsp3) is 0.211. The van der Waals surface area contributed by atoms with Crippen LogP contribution in [0.2, 0.25) is 0 Å². The van der Waals surface area contributed by atoms with Crippen LogP contribution in [0.1, 0.15) is 27.6 Å². The molecule has 2 aromatic carbocycles. The van der Waals surface area contributed by atoms with Crippen LogP contribution in [0, 0.1) is 0 Å². The Morgan fingerprint density at radius 2 is 1.79 bits per heavy atom. The van der Waals surface area contributed by atoms with E-state index in [0.29, 0.717) is 16.4 Å². The predicted octanol–water partition coefficient (Wildman–Crippen LogP) is 2.15. The SMILES string of the molecule is CC(=O)c1cc2c(cc1NC(=O)COC(=O)c1ccccc1[S@](C)=O)OCO2. The fourth-order valence-electron chi connectivity index (χ4n) is 2.62. The summed E-state index contributed by atoms with van der Waals surface area (Å²) in [5.74, 6) is -0.858. The average molecular weight is 403 g/mol. The van der Waals surface area contributed by atoms with Gasteiger partial charge in [0.15, 0.2) is 23.9 Å². The van der Waals surface area contributed by atoms with Gasteiger partial charge in [0.05, 0.1) is 26.9 Å². The van der Waals surface area contributed by atoms with Gasteiger partial charge in [0.1, 0.15) is 0 Å². The Morgan fingerprint density at radius 1 is 1.11 bits per heavy atom. The van der Waals surface area contributed by atoms with Gasteiger partial charge in [0.25, 0.3) is 5.91 Å². The molecule has 3 rings (SSSR count). The van der Waals surface area contributed by atoms with Crippen molar-refractivity contribution >= 4 is 34.1 Å². The lowest BCUT2D eigenvalue weighted by atomic mass is 10.1. The van der Waals surface area contributed by atoms with Gasteiger partial charge in [0.2, 0.25) is 6.79 Å². The second-order valence-electron chi connectivity index (χ2n) is 5.88. The standard InChI is InChI=1S/C19H17NO7S/c1-11(21)13-7-15-16(27-10-26-15)8-14(13)20-18(22)9-25-19(23)12-5-3-4-6-17(12)28(2)24/h3-8H,9-10H2,1-2H3,(H,20,22)/t28-/m0/s1. The Bertz CT molecular complexity index is 986. The first-order valence-corrected chi connectivity index (χ1v) is 9.76. The number of Topliss-reactive ketones (excluding diaryl/α,β-unsaturated/α-hetero) is 1. The van der Waals surface area contributed by atoms with E-state index in [0.717, 1.165) is 0 Å². The topological polar surface area (TPSA) is 108 Å². The number of ketones is 1. The Kier molecular flexibility index (Phi) is 5.74. The molecule has 1 heterocycles. The minimum atomic E-state index is -1.38. The zero-order valence-electron chi connectivity index (χ0n) is 15.1. The summed E-state index contributed by atoms with van der Waals surface area (Å²) in [6, 6.07) is 9.26. The molecule has 0 aliphatic carbocycles. The van der Waals surface area contributed by atoms with Crippen molar-refractivity contribution in [2.45, 2.75) is 11.8 Å². The first-order chi connectivity index (χ1) is 13.4. The molecule has 28 heavy (non-hydrogen) atoms. The van der Waals surface area contributed by atoms with E-state index in [9.17, 15) is 18.6 Å². The molecule has 0 saturated heterocycles. The molecule has 1 atom stereocenters. The van der Waals surface area contributed by atoms with Gasteiger partial charge in [-0.05, 0) is 25.1 Å². The molecule has 0 aromatic heterocycles. The van der Waals surface area contributed by atoms with Crippen LogP contribution in [0.25, 0.3) is 0 Å². The summed E-state index contributed by atoms with van der Waals surface area (Å²) in [5, 5.41) is 2.53. The molecule has 0 radical (unpaired) electrons. The number of amides is 1. The zero-order chi connectivity index (χ0) is 20.3. The number of carbonyl (C=O) groups is 3. The van der Waals surface area contributed by atoms with E-state index in [1.165, 1.54) is 31.4 Å². The molecule has 1 N–H and O–H groups in total. The van der Waals surface area contributed by atoms with Gasteiger partial charge in [-0.2, -0.15) is 0 Å². The molecule has 146 valence electrons. The van der Waals surface area contributed by atoms with Crippen molar-refractivity contribution in [1.29, 1.82) is 0 Å². The van der Waals surface area contributed by atoms with Crippen LogP contribution in [0.5, 0.6) is 11.5 Å². The highest BCUT2D eigenvalue weighted by atomic mass is 32.2. The molecule has 0 unspecified atom stereocenters. The van der Waals surface area contributed by atoms with Crippen LogP contribution < -0.4 is 14.8 Å². The maximum absolute atomic E-state index is 12.2.